The second kappa shape index (κ2) is 10.1. The van der Waals surface area contributed by atoms with Gasteiger partial charge in [-0.1, -0.05) is 60.7 Å². The highest BCUT2D eigenvalue weighted by molar-refractivity contribution is 6.15. The maximum absolute atomic E-state index is 13.8. The summed E-state index contributed by atoms with van der Waals surface area (Å²) in [5.41, 5.74) is 1.71. The Hall–Kier alpha value is -5.44. The largest absolute Gasteiger partial charge is 0.493 e. The molecule has 0 unspecified atom stereocenters. The van der Waals surface area contributed by atoms with Gasteiger partial charge in [0.15, 0.2) is 5.76 Å². The minimum atomic E-state index is -0.399. The number of amides is 1. The van der Waals surface area contributed by atoms with Gasteiger partial charge in [0.25, 0.3) is 11.5 Å². The molecule has 3 aromatic heterocycles. The highest BCUT2D eigenvalue weighted by atomic mass is 16.5. The van der Waals surface area contributed by atoms with E-state index < -0.39 is 5.91 Å². The van der Waals surface area contributed by atoms with Crippen LogP contribution in [0.15, 0.2) is 106 Å². The lowest BCUT2D eigenvalue weighted by atomic mass is 10.0. The average molecular weight is 518 g/mol. The van der Waals surface area contributed by atoms with Crippen molar-refractivity contribution in [3.05, 3.63) is 113 Å². The molecule has 0 saturated heterocycles. The monoisotopic (exact) mass is 517 g/mol. The van der Waals surface area contributed by atoms with Gasteiger partial charge in [-0.25, -0.2) is 4.98 Å². The summed E-state index contributed by atoms with van der Waals surface area (Å²) in [7, 11) is 0. The van der Waals surface area contributed by atoms with E-state index in [4.69, 9.17) is 9.15 Å². The van der Waals surface area contributed by atoms with Crippen LogP contribution in [-0.4, -0.2) is 32.3 Å². The zero-order valence-electron chi connectivity index (χ0n) is 20.9. The molecule has 1 amide bonds. The molecule has 0 bridgehead atoms. The Morgan fingerprint density at radius 2 is 1.79 bits per heavy atom. The lowest BCUT2D eigenvalue weighted by Gasteiger charge is -2.14. The standard InChI is InChI=1S/C30H23N5O4/c1-2-38-25-15-14-19-9-6-7-12-21(19)28(25)29(37)32-26-17-23(24-13-8-16-39-24)34-35(26)30-31-22(18-27(36)33-30)20-10-4-3-5-11-20/h3-18H,2H2,1H3,(H,32,37)(H,31,33,36). The van der Waals surface area contributed by atoms with Gasteiger partial charge >= 0.3 is 0 Å². The Morgan fingerprint density at radius 3 is 2.59 bits per heavy atom. The first-order chi connectivity index (χ1) is 19.1. The van der Waals surface area contributed by atoms with Crippen molar-refractivity contribution in [2.75, 3.05) is 11.9 Å². The second-order valence-corrected chi connectivity index (χ2v) is 8.67. The van der Waals surface area contributed by atoms with Crippen LogP contribution in [0.4, 0.5) is 5.82 Å². The number of hydrogen-bond donors (Lipinski definition) is 2. The van der Waals surface area contributed by atoms with Crippen LogP contribution in [0, 0.1) is 0 Å². The van der Waals surface area contributed by atoms with Crippen molar-refractivity contribution in [3.63, 3.8) is 0 Å². The second-order valence-electron chi connectivity index (χ2n) is 8.67. The Labute approximate surface area is 222 Å². The molecule has 2 N–H and O–H groups in total. The normalized spacial score (nSPS) is 11.0. The van der Waals surface area contributed by atoms with E-state index in [2.05, 4.69) is 20.4 Å². The quantitative estimate of drug-likeness (QED) is 0.281. The molecule has 0 aliphatic heterocycles. The molecule has 0 aliphatic carbocycles. The van der Waals surface area contributed by atoms with E-state index >= 15 is 0 Å². The van der Waals surface area contributed by atoms with Crippen LogP contribution in [0.25, 0.3) is 39.4 Å². The Bertz CT molecular complexity index is 1840. The number of carbonyl (C=O) groups excluding carboxylic acids is 1. The summed E-state index contributed by atoms with van der Waals surface area (Å²) in [5, 5.41) is 9.21. The predicted octanol–water partition coefficient (Wildman–Crippen LogP) is 5.69. The molecule has 9 nitrogen and oxygen atoms in total. The van der Waals surface area contributed by atoms with Gasteiger partial charge in [-0.2, -0.15) is 9.78 Å². The van der Waals surface area contributed by atoms with Crippen molar-refractivity contribution in [3.8, 4) is 34.4 Å². The number of anilines is 1. The van der Waals surface area contributed by atoms with Crippen LogP contribution >= 0.6 is 0 Å². The van der Waals surface area contributed by atoms with Gasteiger partial charge in [0.05, 0.1) is 24.1 Å². The Kier molecular flexibility index (Phi) is 6.22. The zero-order chi connectivity index (χ0) is 26.8. The number of hydrogen-bond acceptors (Lipinski definition) is 6. The average Bonchev–Trinajstić information content (AvgIpc) is 3.64. The fourth-order valence-electron chi connectivity index (χ4n) is 4.42. The van der Waals surface area contributed by atoms with E-state index in [0.29, 0.717) is 35.1 Å². The molecular weight excluding hydrogens is 494 g/mol. The topological polar surface area (TPSA) is 115 Å². The summed E-state index contributed by atoms with van der Waals surface area (Å²) < 4.78 is 12.7. The van der Waals surface area contributed by atoms with Gasteiger partial charge in [-0.05, 0) is 35.9 Å². The van der Waals surface area contributed by atoms with E-state index in [1.807, 2.05) is 67.6 Å². The van der Waals surface area contributed by atoms with Gasteiger partial charge in [0.1, 0.15) is 17.3 Å². The lowest BCUT2D eigenvalue weighted by Crippen LogP contribution is -2.19. The number of nitrogens with zero attached hydrogens (tertiary/aromatic N) is 3. The summed E-state index contributed by atoms with van der Waals surface area (Å²) in [4.78, 5) is 33.8. The number of ether oxygens (including phenoxy) is 1. The molecule has 192 valence electrons. The molecule has 3 heterocycles. The summed E-state index contributed by atoms with van der Waals surface area (Å²) >= 11 is 0. The first-order valence-corrected chi connectivity index (χ1v) is 12.4. The van der Waals surface area contributed by atoms with Crippen LogP contribution in [0.5, 0.6) is 5.75 Å². The predicted molar refractivity (Wildman–Crippen MR) is 148 cm³/mol. The smallest absolute Gasteiger partial charge is 0.261 e. The third kappa shape index (κ3) is 4.69. The van der Waals surface area contributed by atoms with Gasteiger partial charge in [-0.15, -0.1) is 0 Å². The molecule has 0 aliphatic rings. The minimum absolute atomic E-state index is 0.136. The van der Waals surface area contributed by atoms with Crippen molar-refractivity contribution < 1.29 is 13.9 Å². The maximum Gasteiger partial charge on any atom is 0.261 e. The molecule has 0 saturated carbocycles. The van der Waals surface area contributed by atoms with Crippen molar-refractivity contribution in [1.29, 1.82) is 0 Å². The highest BCUT2D eigenvalue weighted by Gasteiger charge is 2.22. The van der Waals surface area contributed by atoms with Gasteiger partial charge in [0.2, 0.25) is 5.95 Å². The lowest BCUT2D eigenvalue weighted by molar-refractivity contribution is 0.102. The van der Waals surface area contributed by atoms with Crippen molar-refractivity contribution in [2.24, 2.45) is 0 Å². The molecular formula is C30H23N5O4. The number of H-pyrrole nitrogens is 1. The number of furan rings is 1. The molecule has 0 radical (unpaired) electrons. The van der Waals surface area contributed by atoms with Gasteiger partial charge < -0.3 is 14.5 Å². The van der Waals surface area contributed by atoms with Crippen molar-refractivity contribution in [2.45, 2.75) is 6.92 Å². The summed E-state index contributed by atoms with van der Waals surface area (Å²) in [5.74, 6) is 0.978. The molecule has 9 heteroatoms. The van der Waals surface area contributed by atoms with E-state index in [0.717, 1.165) is 16.3 Å². The molecule has 0 fully saturated rings. The van der Waals surface area contributed by atoms with Crippen LogP contribution in [0.1, 0.15) is 17.3 Å². The molecule has 0 spiro atoms. The number of nitrogens with one attached hydrogen (secondary N) is 2. The SMILES string of the molecule is CCOc1ccc2ccccc2c1C(=O)Nc1cc(-c2ccco2)nn1-c1nc(-c2ccccc2)cc(=O)[nH]1. The van der Waals surface area contributed by atoms with Crippen LogP contribution < -0.4 is 15.6 Å². The van der Waals surface area contributed by atoms with E-state index in [9.17, 15) is 9.59 Å². The first kappa shape index (κ1) is 23.9. The number of carbonyl (C=O) groups is 1. The van der Waals surface area contributed by atoms with Crippen LogP contribution in [0.3, 0.4) is 0 Å². The highest BCUT2D eigenvalue weighted by Crippen LogP contribution is 2.31. The van der Waals surface area contributed by atoms with Crippen molar-refractivity contribution in [1.82, 2.24) is 19.7 Å². The number of aromatic amines is 1. The van der Waals surface area contributed by atoms with Crippen LogP contribution in [0.2, 0.25) is 0 Å². The third-order valence-corrected chi connectivity index (χ3v) is 6.14. The first-order valence-electron chi connectivity index (χ1n) is 12.4. The number of rotatable bonds is 7. The van der Waals surface area contributed by atoms with E-state index in [1.165, 1.54) is 17.0 Å². The molecule has 6 aromatic rings. The maximum atomic E-state index is 13.8. The Balaban J connectivity index is 1.48. The van der Waals surface area contributed by atoms with E-state index in [-0.39, 0.29) is 17.3 Å². The fraction of sp³-hybridized carbons (Fsp3) is 0.0667. The van der Waals surface area contributed by atoms with Gasteiger partial charge in [-0.3, -0.25) is 14.6 Å². The summed E-state index contributed by atoms with van der Waals surface area (Å²) in [6.45, 7) is 2.26. The minimum Gasteiger partial charge on any atom is -0.493 e. The molecule has 3 aromatic carbocycles. The molecule has 0 atom stereocenters. The Morgan fingerprint density at radius 1 is 0.974 bits per heavy atom. The zero-order valence-corrected chi connectivity index (χ0v) is 20.9. The number of benzene rings is 3. The number of aromatic nitrogens is 4. The third-order valence-electron chi connectivity index (χ3n) is 6.14. The fourth-order valence-corrected chi connectivity index (χ4v) is 4.42. The van der Waals surface area contributed by atoms with Gasteiger partial charge in [0, 0.05) is 17.7 Å². The summed E-state index contributed by atoms with van der Waals surface area (Å²) in [6.07, 6.45) is 1.53. The van der Waals surface area contributed by atoms with E-state index in [1.54, 1.807) is 24.3 Å². The van der Waals surface area contributed by atoms with Crippen LogP contribution in [-0.2, 0) is 0 Å². The van der Waals surface area contributed by atoms with Crippen molar-refractivity contribution >= 4 is 22.5 Å². The molecule has 39 heavy (non-hydrogen) atoms. The summed E-state index contributed by atoms with van der Waals surface area (Å²) in [6, 6.07) is 27.2. The molecule has 6 rings (SSSR count). The number of fused-ring (bicyclic) bond motifs is 1.